The number of carboxylic acid groups (broad SMARTS) is 1. The summed E-state index contributed by atoms with van der Waals surface area (Å²) in [5, 5.41) is 9.72. The molecule has 2 aromatic rings. The topological polar surface area (TPSA) is 62.5 Å². The summed E-state index contributed by atoms with van der Waals surface area (Å²) in [6, 6.07) is 7.66. The molecule has 1 amide bonds. The van der Waals surface area contributed by atoms with E-state index in [0.29, 0.717) is 5.56 Å². The minimum absolute atomic E-state index is 0.0455. The highest BCUT2D eigenvalue weighted by atomic mass is 16.4. The third-order valence-corrected chi connectivity index (χ3v) is 3.58. The molecule has 0 fully saturated rings. The van der Waals surface area contributed by atoms with Crippen LogP contribution in [0.15, 0.2) is 30.5 Å². The number of fused-ring (bicyclic) bond motifs is 1. The monoisotopic (exact) mass is 288 g/mol. The van der Waals surface area contributed by atoms with Crippen LogP contribution in [0.3, 0.4) is 0 Å². The largest absolute Gasteiger partial charge is 0.481 e. The molecule has 1 N–H and O–H groups in total. The van der Waals surface area contributed by atoms with Gasteiger partial charge in [-0.15, -0.1) is 0 Å². The van der Waals surface area contributed by atoms with Crippen molar-refractivity contribution in [2.75, 3.05) is 6.54 Å². The van der Waals surface area contributed by atoms with Gasteiger partial charge in [0.05, 0.1) is 12.0 Å². The van der Waals surface area contributed by atoms with Gasteiger partial charge in [-0.2, -0.15) is 0 Å². The second-order valence-electron chi connectivity index (χ2n) is 5.41. The van der Waals surface area contributed by atoms with Crippen molar-refractivity contribution in [1.29, 1.82) is 0 Å². The Labute approximate surface area is 123 Å². The van der Waals surface area contributed by atoms with Crippen LogP contribution in [0.1, 0.15) is 30.6 Å². The molecule has 0 saturated carbocycles. The maximum Gasteiger partial charge on any atom is 0.305 e. The van der Waals surface area contributed by atoms with Gasteiger partial charge >= 0.3 is 5.97 Å². The summed E-state index contributed by atoms with van der Waals surface area (Å²) in [6.07, 6.45) is 1.76. The Morgan fingerprint density at radius 1 is 1.29 bits per heavy atom. The number of aryl methyl sites for hydroxylation is 1. The van der Waals surface area contributed by atoms with Gasteiger partial charge in [-0.05, 0) is 19.9 Å². The molecule has 0 atom stereocenters. The minimum atomic E-state index is -0.897. The lowest BCUT2D eigenvalue weighted by atomic mass is 10.1. The Bertz CT molecular complexity index is 673. The lowest BCUT2D eigenvalue weighted by Gasteiger charge is -2.26. The van der Waals surface area contributed by atoms with Crippen LogP contribution in [-0.2, 0) is 11.8 Å². The van der Waals surface area contributed by atoms with Gasteiger partial charge in [0, 0.05) is 36.7 Å². The van der Waals surface area contributed by atoms with Gasteiger partial charge in [0.25, 0.3) is 5.91 Å². The normalized spacial score (nSPS) is 11.0. The molecule has 21 heavy (non-hydrogen) atoms. The molecule has 0 aliphatic rings. The average Bonchev–Trinajstić information content (AvgIpc) is 2.76. The highest BCUT2D eigenvalue weighted by Crippen LogP contribution is 2.22. The van der Waals surface area contributed by atoms with Gasteiger partial charge in [-0.3, -0.25) is 9.59 Å². The summed E-state index contributed by atoms with van der Waals surface area (Å²) in [4.78, 5) is 25.1. The number of amides is 1. The molecule has 5 heteroatoms. The summed E-state index contributed by atoms with van der Waals surface area (Å²) in [7, 11) is 1.90. The van der Waals surface area contributed by atoms with Gasteiger partial charge in [0.1, 0.15) is 0 Å². The number of rotatable bonds is 5. The molecule has 0 aliphatic heterocycles. The molecule has 0 radical (unpaired) electrons. The minimum Gasteiger partial charge on any atom is -0.481 e. The molecule has 2 rings (SSSR count). The molecule has 1 aromatic heterocycles. The summed E-state index contributed by atoms with van der Waals surface area (Å²) in [5.74, 6) is -1.02. The Balaban J connectivity index is 2.37. The number of benzene rings is 1. The lowest BCUT2D eigenvalue weighted by molar-refractivity contribution is -0.137. The predicted molar refractivity (Wildman–Crippen MR) is 81.3 cm³/mol. The van der Waals surface area contributed by atoms with E-state index in [1.165, 1.54) is 0 Å². The molecule has 1 heterocycles. The van der Waals surface area contributed by atoms with Crippen LogP contribution in [0.25, 0.3) is 10.9 Å². The van der Waals surface area contributed by atoms with E-state index in [2.05, 4.69) is 0 Å². The van der Waals surface area contributed by atoms with Crippen molar-refractivity contribution in [3.8, 4) is 0 Å². The standard InChI is InChI=1S/C16H20N2O3/c1-11(2)18(9-8-15(19)20)16(21)13-10-17(3)14-7-5-4-6-12(13)14/h4-7,10-11H,8-9H2,1-3H3,(H,19,20). The van der Waals surface area contributed by atoms with Gasteiger partial charge in [0.15, 0.2) is 0 Å². The van der Waals surface area contributed by atoms with E-state index < -0.39 is 5.97 Å². The molecule has 0 aliphatic carbocycles. The number of aromatic nitrogens is 1. The summed E-state index contributed by atoms with van der Waals surface area (Å²) < 4.78 is 1.91. The van der Waals surface area contributed by atoms with Gasteiger partial charge in [-0.25, -0.2) is 0 Å². The number of aliphatic carboxylic acids is 1. The highest BCUT2D eigenvalue weighted by molar-refractivity contribution is 6.07. The maximum absolute atomic E-state index is 12.7. The summed E-state index contributed by atoms with van der Waals surface area (Å²) >= 11 is 0. The van der Waals surface area contributed by atoms with Crippen molar-refractivity contribution in [1.82, 2.24) is 9.47 Å². The third kappa shape index (κ3) is 3.07. The van der Waals surface area contributed by atoms with Crippen molar-refractivity contribution in [3.63, 3.8) is 0 Å². The molecule has 5 nitrogen and oxygen atoms in total. The van der Waals surface area contributed by atoms with Crippen molar-refractivity contribution >= 4 is 22.8 Å². The van der Waals surface area contributed by atoms with Crippen LogP contribution in [0, 0.1) is 0 Å². The fourth-order valence-corrected chi connectivity index (χ4v) is 2.48. The first-order chi connectivity index (χ1) is 9.91. The Morgan fingerprint density at radius 3 is 2.57 bits per heavy atom. The first-order valence-electron chi connectivity index (χ1n) is 6.98. The second kappa shape index (κ2) is 5.99. The predicted octanol–water partition coefficient (Wildman–Crippen LogP) is 2.50. The number of para-hydroxylation sites is 1. The van der Waals surface area contributed by atoms with Gasteiger partial charge < -0.3 is 14.6 Å². The fourth-order valence-electron chi connectivity index (χ4n) is 2.48. The third-order valence-electron chi connectivity index (χ3n) is 3.58. The molecule has 0 spiro atoms. The molecule has 0 saturated heterocycles. The first-order valence-corrected chi connectivity index (χ1v) is 6.98. The zero-order chi connectivity index (χ0) is 15.6. The molecular formula is C16H20N2O3. The molecule has 0 unspecified atom stereocenters. The van der Waals surface area contributed by atoms with Crippen LogP contribution in [0.5, 0.6) is 0 Å². The van der Waals surface area contributed by atoms with Crippen molar-refractivity contribution in [2.24, 2.45) is 7.05 Å². The van der Waals surface area contributed by atoms with E-state index in [4.69, 9.17) is 5.11 Å². The fraction of sp³-hybridized carbons (Fsp3) is 0.375. The van der Waals surface area contributed by atoms with Crippen LogP contribution >= 0.6 is 0 Å². The average molecular weight is 288 g/mol. The van der Waals surface area contributed by atoms with E-state index in [9.17, 15) is 9.59 Å². The summed E-state index contributed by atoms with van der Waals surface area (Å²) in [6.45, 7) is 4.00. The van der Waals surface area contributed by atoms with Crippen LogP contribution in [-0.4, -0.2) is 39.0 Å². The van der Waals surface area contributed by atoms with Crippen LogP contribution < -0.4 is 0 Å². The first kappa shape index (κ1) is 15.1. The number of nitrogens with zero attached hydrogens (tertiary/aromatic N) is 2. The van der Waals surface area contributed by atoms with Crippen LogP contribution in [0.2, 0.25) is 0 Å². The number of carboxylic acids is 1. The molecule has 0 bridgehead atoms. The molecule has 112 valence electrons. The van der Waals surface area contributed by atoms with E-state index in [-0.39, 0.29) is 24.9 Å². The van der Waals surface area contributed by atoms with E-state index >= 15 is 0 Å². The zero-order valence-electron chi connectivity index (χ0n) is 12.5. The molecule has 1 aromatic carbocycles. The Morgan fingerprint density at radius 2 is 1.95 bits per heavy atom. The highest BCUT2D eigenvalue weighted by Gasteiger charge is 2.22. The van der Waals surface area contributed by atoms with Crippen molar-refractivity contribution < 1.29 is 14.7 Å². The lowest BCUT2D eigenvalue weighted by Crippen LogP contribution is -2.38. The number of hydrogen-bond donors (Lipinski definition) is 1. The van der Waals surface area contributed by atoms with E-state index in [1.807, 2.05) is 55.9 Å². The Hall–Kier alpha value is -2.30. The number of hydrogen-bond acceptors (Lipinski definition) is 2. The smallest absolute Gasteiger partial charge is 0.305 e. The second-order valence-corrected chi connectivity index (χ2v) is 5.41. The number of carbonyl (C=O) groups excluding carboxylic acids is 1. The zero-order valence-corrected chi connectivity index (χ0v) is 12.5. The summed E-state index contributed by atoms with van der Waals surface area (Å²) in [5.41, 5.74) is 1.61. The molecular weight excluding hydrogens is 268 g/mol. The maximum atomic E-state index is 12.7. The van der Waals surface area contributed by atoms with Gasteiger partial charge in [0.2, 0.25) is 0 Å². The van der Waals surface area contributed by atoms with Crippen LogP contribution in [0.4, 0.5) is 0 Å². The van der Waals surface area contributed by atoms with E-state index in [1.54, 1.807) is 4.90 Å². The van der Waals surface area contributed by atoms with Crippen molar-refractivity contribution in [3.05, 3.63) is 36.0 Å². The SMILES string of the molecule is CC(C)N(CCC(=O)O)C(=O)c1cn(C)c2ccccc12. The Kier molecular flexibility index (Phi) is 4.31. The van der Waals surface area contributed by atoms with Gasteiger partial charge in [-0.1, -0.05) is 18.2 Å². The van der Waals surface area contributed by atoms with Crippen molar-refractivity contribution in [2.45, 2.75) is 26.3 Å². The van der Waals surface area contributed by atoms with E-state index in [0.717, 1.165) is 10.9 Å². The quantitative estimate of drug-likeness (QED) is 0.919. The number of carbonyl (C=O) groups is 2.